The van der Waals surface area contributed by atoms with E-state index >= 15 is 0 Å². The Morgan fingerprint density at radius 2 is 2.38 bits per heavy atom. The number of anilines is 1. The van der Waals surface area contributed by atoms with E-state index in [0.29, 0.717) is 18.2 Å². The van der Waals surface area contributed by atoms with E-state index in [1.807, 2.05) is 6.07 Å². The van der Waals surface area contributed by atoms with Crippen molar-refractivity contribution < 1.29 is 9.53 Å². The van der Waals surface area contributed by atoms with Crippen molar-refractivity contribution in [2.24, 2.45) is 0 Å². The number of pyridine rings is 1. The van der Waals surface area contributed by atoms with Gasteiger partial charge in [-0.3, -0.25) is 9.69 Å². The number of aromatic nitrogens is 1. The van der Waals surface area contributed by atoms with Crippen molar-refractivity contribution in [3.63, 3.8) is 0 Å². The van der Waals surface area contributed by atoms with Gasteiger partial charge in [-0.1, -0.05) is 12.5 Å². The number of fused-ring (bicyclic) bond motifs is 1. The lowest BCUT2D eigenvalue weighted by Crippen LogP contribution is -2.53. The van der Waals surface area contributed by atoms with Gasteiger partial charge in [0.2, 0.25) is 0 Å². The average molecular weight is 330 g/mol. The second kappa shape index (κ2) is 8.26. The highest BCUT2D eigenvalue weighted by Gasteiger charge is 2.30. The average Bonchev–Trinajstić information content (AvgIpc) is 2.64. The molecule has 6 heteroatoms. The molecular weight excluding hydrogens is 304 g/mol. The molecule has 3 rings (SSSR count). The van der Waals surface area contributed by atoms with Gasteiger partial charge in [-0.05, 0) is 31.5 Å². The van der Waals surface area contributed by atoms with Gasteiger partial charge in [-0.25, -0.2) is 4.98 Å². The van der Waals surface area contributed by atoms with Gasteiger partial charge in [0.1, 0.15) is 5.82 Å². The van der Waals surface area contributed by atoms with Crippen LogP contribution in [0.1, 0.15) is 29.6 Å². The van der Waals surface area contributed by atoms with E-state index in [0.717, 1.165) is 25.5 Å². The number of ether oxygens (including phenoxy) is 1. The van der Waals surface area contributed by atoms with Gasteiger partial charge in [-0.2, -0.15) is 0 Å². The van der Waals surface area contributed by atoms with Crippen LogP contribution in [0.25, 0.3) is 0 Å². The minimum absolute atomic E-state index is 0.138. The van der Waals surface area contributed by atoms with Gasteiger partial charge in [0, 0.05) is 31.9 Å². The van der Waals surface area contributed by atoms with Crippen molar-refractivity contribution in [3.05, 3.63) is 36.5 Å². The standard InChI is InChI=1S/C18H26N4O2/c1-2-8-19-18(23)14-6-7-17(20-10-14)21-11-16-12-22-9-4-3-5-15(22)13-24-16/h2,6-7,10,15-16H,1,3-5,8-9,11-13H2,(H,19,23)(H,20,21). The van der Waals surface area contributed by atoms with Crippen LogP contribution in [0.2, 0.25) is 0 Å². The molecule has 2 atom stereocenters. The fourth-order valence-corrected chi connectivity index (χ4v) is 3.29. The number of piperidine rings is 1. The lowest BCUT2D eigenvalue weighted by molar-refractivity contribution is -0.0689. The Kier molecular flexibility index (Phi) is 5.82. The molecule has 1 amide bonds. The molecule has 2 fully saturated rings. The number of nitrogens with zero attached hydrogens (tertiary/aromatic N) is 2. The van der Waals surface area contributed by atoms with Crippen LogP contribution in [0.5, 0.6) is 0 Å². The van der Waals surface area contributed by atoms with Crippen molar-refractivity contribution in [1.29, 1.82) is 0 Å². The molecule has 0 aromatic carbocycles. The molecule has 2 unspecified atom stereocenters. The highest BCUT2D eigenvalue weighted by Crippen LogP contribution is 2.22. The molecule has 0 radical (unpaired) electrons. The van der Waals surface area contributed by atoms with Crippen LogP contribution in [0.3, 0.4) is 0 Å². The first kappa shape index (κ1) is 16.9. The van der Waals surface area contributed by atoms with Crippen molar-refractivity contribution in [2.75, 3.05) is 38.1 Å². The molecule has 0 aliphatic carbocycles. The maximum absolute atomic E-state index is 11.8. The maximum atomic E-state index is 11.8. The smallest absolute Gasteiger partial charge is 0.253 e. The zero-order valence-electron chi connectivity index (χ0n) is 14.0. The number of amides is 1. The predicted octanol–water partition coefficient (Wildman–Crippen LogP) is 1.66. The molecule has 1 aromatic rings. The Balaban J connectivity index is 1.46. The summed E-state index contributed by atoms with van der Waals surface area (Å²) in [7, 11) is 0. The van der Waals surface area contributed by atoms with Crippen LogP contribution in [-0.4, -0.2) is 60.7 Å². The zero-order valence-corrected chi connectivity index (χ0v) is 14.0. The van der Waals surface area contributed by atoms with Gasteiger partial charge in [0.25, 0.3) is 5.91 Å². The molecule has 2 aliphatic heterocycles. The van der Waals surface area contributed by atoms with Crippen LogP contribution < -0.4 is 10.6 Å². The molecule has 2 N–H and O–H groups in total. The number of hydrogen-bond acceptors (Lipinski definition) is 5. The molecule has 0 spiro atoms. The van der Waals surface area contributed by atoms with Gasteiger partial charge in [0.15, 0.2) is 0 Å². The summed E-state index contributed by atoms with van der Waals surface area (Å²) in [5, 5.41) is 6.04. The first-order chi connectivity index (χ1) is 11.8. The summed E-state index contributed by atoms with van der Waals surface area (Å²) in [5.74, 6) is 0.625. The molecule has 3 heterocycles. The molecule has 24 heavy (non-hydrogen) atoms. The summed E-state index contributed by atoms with van der Waals surface area (Å²) < 4.78 is 5.97. The van der Waals surface area contributed by atoms with E-state index in [1.54, 1.807) is 18.3 Å². The quantitative estimate of drug-likeness (QED) is 0.777. The summed E-state index contributed by atoms with van der Waals surface area (Å²) in [5.41, 5.74) is 0.549. The predicted molar refractivity (Wildman–Crippen MR) is 94.2 cm³/mol. The highest BCUT2D eigenvalue weighted by atomic mass is 16.5. The van der Waals surface area contributed by atoms with Crippen LogP contribution in [0.15, 0.2) is 31.0 Å². The fourth-order valence-electron chi connectivity index (χ4n) is 3.29. The van der Waals surface area contributed by atoms with E-state index in [-0.39, 0.29) is 12.0 Å². The van der Waals surface area contributed by atoms with Crippen molar-refractivity contribution in [3.8, 4) is 0 Å². The Morgan fingerprint density at radius 1 is 1.46 bits per heavy atom. The Labute approximate surface area is 143 Å². The molecule has 2 saturated heterocycles. The van der Waals surface area contributed by atoms with E-state index in [9.17, 15) is 4.79 Å². The van der Waals surface area contributed by atoms with Crippen molar-refractivity contribution in [1.82, 2.24) is 15.2 Å². The number of carbonyl (C=O) groups excluding carboxylic acids is 1. The Hall–Kier alpha value is -1.92. The van der Waals surface area contributed by atoms with Crippen molar-refractivity contribution >= 4 is 11.7 Å². The molecule has 2 aliphatic rings. The normalized spacial score (nSPS) is 24.0. The van der Waals surface area contributed by atoms with E-state index in [1.165, 1.54) is 25.8 Å². The number of carbonyl (C=O) groups is 1. The van der Waals surface area contributed by atoms with Gasteiger partial charge in [0.05, 0.1) is 18.3 Å². The summed E-state index contributed by atoms with van der Waals surface area (Å²) in [6.45, 7) is 7.78. The number of hydrogen-bond donors (Lipinski definition) is 2. The zero-order chi connectivity index (χ0) is 16.8. The topological polar surface area (TPSA) is 66.5 Å². The number of rotatable bonds is 6. The molecule has 1 aromatic heterocycles. The van der Waals surface area contributed by atoms with Crippen LogP contribution in [0.4, 0.5) is 5.82 Å². The first-order valence-corrected chi connectivity index (χ1v) is 8.71. The molecular formula is C18H26N4O2. The molecule has 0 bridgehead atoms. The highest BCUT2D eigenvalue weighted by molar-refractivity contribution is 5.94. The molecule has 130 valence electrons. The summed E-state index contributed by atoms with van der Waals surface area (Å²) >= 11 is 0. The molecule has 6 nitrogen and oxygen atoms in total. The first-order valence-electron chi connectivity index (χ1n) is 8.71. The lowest BCUT2D eigenvalue weighted by atomic mass is 10.0. The fraction of sp³-hybridized carbons (Fsp3) is 0.556. The van der Waals surface area contributed by atoms with Crippen LogP contribution in [0, 0.1) is 0 Å². The summed E-state index contributed by atoms with van der Waals surface area (Å²) in [4.78, 5) is 18.7. The Morgan fingerprint density at radius 3 is 3.17 bits per heavy atom. The van der Waals surface area contributed by atoms with Gasteiger partial charge in [-0.15, -0.1) is 6.58 Å². The van der Waals surface area contributed by atoms with Gasteiger partial charge >= 0.3 is 0 Å². The van der Waals surface area contributed by atoms with E-state index in [4.69, 9.17) is 4.74 Å². The SMILES string of the molecule is C=CCNC(=O)c1ccc(NCC2CN3CCCCC3CO2)nc1. The minimum atomic E-state index is -0.138. The molecule has 0 saturated carbocycles. The summed E-state index contributed by atoms with van der Waals surface area (Å²) in [6, 6.07) is 4.22. The number of nitrogens with one attached hydrogen (secondary N) is 2. The lowest BCUT2D eigenvalue weighted by Gasteiger charge is -2.42. The van der Waals surface area contributed by atoms with Gasteiger partial charge < -0.3 is 15.4 Å². The minimum Gasteiger partial charge on any atom is -0.373 e. The third-order valence-electron chi connectivity index (χ3n) is 4.66. The third kappa shape index (κ3) is 4.33. The van der Waals surface area contributed by atoms with Crippen LogP contribution >= 0.6 is 0 Å². The second-order valence-electron chi connectivity index (χ2n) is 6.41. The number of morpholine rings is 1. The summed E-state index contributed by atoms with van der Waals surface area (Å²) in [6.07, 6.45) is 7.31. The second-order valence-corrected chi connectivity index (χ2v) is 6.41. The van der Waals surface area contributed by atoms with Crippen molar-refractivity contribution in [2.45, 2.75) is 31.4 Å². The largest absolute Gasteiger partial charge is 0.373 e. The third-order valence-corrected chi connectivity index (χ3v) is 4.66. The Bertz CT molecular complexity index is 561. The monoisotopic (exact) mass is 330 g/mol. The maximum Gasteiger partial charge on any atom is 0.253 e. The van der Waals surface area contributed by atoms with Crippen LogP contribution in [-0.2, 0) is 4.74 Å². The van der Waals surface area contributed by atoms with E-state index < -0.39 is 0 Å². The van der Waals surface area contributed by atoms with E-state index in [2.05, 4.69) is 27.1 Å².